The van der Waals surface area contributed by atoms with Gasteiger partial charge in [0.2, 0.25) is 0 Å². The van der Waals surface area contributed by atoms with E-state index in [0.717, 1.165) is 44.0 Å². The molecular weight excluding hydrogens is 268 g/mol. The van der Waals surface area contributed by atoms with Crippen molar-refractivity contribution in [1.29, 1.82) is 0 Å². The third-order valence-electron chi connectivity index (χ3n) is 3.08. The molecule has 8 nitrogen and oxygen atoms in total. The third kappa shape index (κ3) is 4.89. The summed E-state index contributed by atoms with van der Waals surface area (Å²) in [6.45, 7) is 9.61. The fourth-order valence-electron chi connectivity index (χ4n) is 1.95. The number of unbranched alkanes of at least 4 members (excludes halogenated alkanes) is 1. The Bertz CT molecular complexity index is 530. The van der Waals surface area contributed by atoms with Crippen LogP contribution in [0.25, 0.3) is 0 Å². The summed E-state index contributed by atoms with van der Waals surface area (Å²) < 4.78 is 3.61. The van der Waals surface area contributed by atoms with E-state index in [1.807, 2.05) is 10.9 Å². The first-order valence-electron chi connectivity index (χ1n) is 7.53. The van der Waals surface area contributed by atoms with Crippen molar-refractivity contribution in [1.82, 2.24) is 40.5 Å². The van der Waals surface area contributed by atoms with Gasteiger partial charge >= 0.3 is 0 Å². The maximum absolute atomic E-state index is 4.16. The van der Waals surface area contributed by atoms with Crippen LogP contribution in [0, 0.1) is 5.92 Å². The van der Waals surface area contributed by atoms with Gasteiger partial charge in [0.25, 0.3) is 0 Å². The minimum absolute atomic E-state index is 0.549. The van der Waals surface area contributed by atoms with E-state index < -0.39 is 0 Å². The van der Waals surface area contributed by atoms with Gasteiger partial charge in [-0.05, 0) is 29.3 Å². The van der Waals surface area contributed by atoms with E-state index in [2.05, 4.69) is 51.9 Å². The lowest BCUT2D eigenvalue weighted by Gasteiger charge is -2.04. The maximum atomic E-state index is 4.16. The number of tetrazole rings is 1. The van der Waals surface area contributed by atoms with E-state index >= 15 is 0 Å². The fraction of sp³-hybridized carbons (Fsp3) is 0.769. The summed E-state index contributed by atoms with van der Waals surface area (Å²) in [6.07, 6.45) is 4.13. The van der Waals surface area contributed by atoms with E-state index in [-0.39, 0.29) is 0 Å². The Kier molecular flexibility index (Phi) is 5.79. The average molecular weight is 292 g/mol. The standard InChI is InChI=1S/C13H24N8/c1-4-5-6-21-13(16-17-19-21)10-20-9-12(15-18-20)8-14-7-11(2)3/h9,11,14H,4-8,10H2,1-3H3. The summed E-state index contributed by atoms with van der Waals surface area (Å²) in [5.41, 5.74) is 0.934. The van der Waals surface area contributed by atoms with Crippen molar-refractivity contribution >= 4 is 0 Å². The number of nitrogens with one attached hydrogen (secondary N) is 1. The summed E-state index contributed by atoms with van der Waals surface area (Å²) in [5, 5.41) is 23.4. The van der Waals surface area contributed by atoms with Gasteiger partial charge in [0, 0.05) is 13.1 Å². The molecule has 8 heteroatoms. The normalized spacial score (nSPS) is 11.4. The molecule has 0 amide bonds. The van der Waals surface area contributed by atoms with Gasteiger partial charge in [0.05, 0.1) is 11.9 Å². The second-order valence-corrected chi connectivity index (χ2v) is 5.60. The van der Waals surface area contributed by atoms with Crippen LogP contribution in [0.1, 0.15) is 45.1 Å². The Morgan fingerprint density at radius 3 is 2.86 bits per heavy atom. The van der Waals surface area contributed by atoms with Crippen LogP contribution in [0.4, 0.5) is 0 Å². The zero-order valence-electron chi connectivity index (χ0n) is 13.0. The zero-order valence-corrected chi connectivity index (χ0v) is 13.0. The van der Waals surface area contributed by atoms with Crippen LogP contribution < -0.4 is 5.32 Å². The molecule has 116 valence electrons. The van der Waals surface area contributed by atoms with E-state index in [0.29, 0.717) is 12.5 Å². The summed E-state index contributed by atoms with van der Waals surface area (Å²) in [7, 11) is 0. The lowest BCUT2D eigenvalue weighted by Crippen LogP contribution is -2.19. The number of aryl methyl sites for hydroxylation is 1. The second-order valence-electron chi connectivity index (χ2n) is 5.60. The van der Waals surface area contributed by atoms with Crippen molar-refractivity contribution in [3.8, 4) is 0 Å². The van der Waals surface area contributed by atoms with Crippen LogP contribution in [0.2, 0.25) is 0 Å². The van der Waals surface area contributed by atoms with Gasteiger partial charge in [-0.3, -0.25) is 0 Å². The predicted molar refractivity (Wildman–Crippen MR) is 78.4 cm³/mol. The summed E-state index contributed by atoms with van der Waals surface area (Å²) in [4.78, 5) is 0. The first-order valence-corrected chi connectivity index (χ1v) is 7.53. The molecule has 0 radical (unpaired) electrons. The van der Waals surface area contributed by atoms with Gasteiger partial charge < -0.3 is 5.32 Å². The summed E-state index contributed by atoms with van der Waals surface area (Å²) in [5.74, 6) is 1.44. The van der Waals surface area contributed by atoms with Crippen LogP contribution in [0.5, 0.6) is 0 Å². The average Bonchev–Trinajstić information content (AvgIpc) is 3.06. The van der Waals surface area contributed by atoms with Gasteiger partial charge in [-0.1, -0.05) is 32.4 Å². The molecule has 2 aromatic rings. The topological polar surface area (TPSA) is 86.3 Å². The van der Waals surface area contributed by atoms with E-state index in [1.165, 1.54) is 0 Å². The molecule has 0 aliphatic rings. The smallest absolute Gasteiger partial charge is 0.172 e. The molecule has 0 saturated carbocycles. The van der Waals surface area contributed by atoms with Crippen LogP contribution >= 0.6 is 0 Å². The van der Waals surface area contributed by atoms with Gasteiger partial charge in [-0.25, -0.2) is 9.36 Å². The number of nitrogens with zero attached hydrogens (tertiary/aromatic N) is 7. The van der Waals surface area contributed by atoms with Gasteiger partial charge in [-0.15, -0.1) is 10.2 Å². The van der Waals surface area contributed by atoms with Crippen molar-refractivity contribution in [3.05, 3.63) is 17.7 Å². The van der Waals surface area contributed by atoms with Crippen LogP contribution in [0.3, 0.4) is 0 Å². The molecule has 2 aromatic heterocycles. The lowest BCUT2D eigenvalue weighted by molar-refractivity contribution is 0.511. The highest BCUT2D eigenvalue weighted by molar-refractivity contribution is 4.93. The van der Waals surface area contributed by atoms with E-state index in [9.17, 15) is 0 Å². The molecule has 0 bridgehead atoms. The third-order valence-corrected chi connectivity index (χ3v) is 3.08. The monoisotopic (exact) mass is 292 g/mol. The predicted octanol–water partition coefficient (Wildman–Crippen LogP) is 0.859. The molecular formula is C13H24N8. The molecule has 2 rings (SSSR count). The Hall–Kier alpha value is -1.83. The van der Waals surface area contributed by atoms with Crippen LogP contribution in [-0.2, 0) is 19.6 Å². The molecule has 0 aromatic carbocycles. The minimum atomic E-state index is 0.549. The quantitative estimate of drug-likeness (QED) is 0.737. The lowest BCUT2D eigenvalue weighted by atomic mass is 10.2. The van der Waals surface area contributed by atoms with Gasteiger partial charge in [0.15, 0.2) is 5.82 Å². The van der Waals surface area contributed by atoms with Crippen molar-refractivity contribution < 1.29 is 0 Å². The molecule has 0 saturated heterocycles. The SMILES string of the molecule is CCCCn1nnnc1Cn1cc(CNCC(C)C)nn1. The minimum Gasteiger partial charge on any atom is -0.311 e. The highest BCUT2D eigenvalue weighted by atomic mass is 15.6. The molecule has 2 heterocycles. The van der Waals surface area contributed by atoms with Crippen LogP contribution in [0.15, 0.2) is 6.20 Å². The number of hydrogen-bond donors (Lipinski definition) is 1. The Balaban J connectivity index is 1.88. The molecule has 1 N–H and O–H groups in total. The van der Waals surface area contributed by atoms with Crippen molar-refractivity contribution in [2.45, 2.75) is 53.2 Å². The Morgan fingerprint density at radius 2 is 2.10 bits per heavy atom. The molecule has 0 fully saturated rings. The second kappa shape index (κ2) is 7.82. The maximum Gasteiger partial charge on any atom is 0.172 e. The molecule has 0 atom stereocenters. The molecule has 0 aliphatic carbocycles. The zero-order chi connectivity index (χ0) is 15.1. The van der Waals surface area contributed by atoms with Crippen molar-refractivity contribution in [2.75, 3.05) is 6.54 Å². The largest absolute Gasteiger partial charge is 0.311 e. The highest BCUT2D eigenvalue weighted by Crippen LogP contribution is 2.01. The number of rotatable bonds is 9. The number of aromatic nitrogens is 7. The van der Waals surface area contributed by atoms with E-state index in [4.69, 9.17) is 0 Å². The van der Waals surface area contributed by atoms with E-state index in [1.54, 1.807) is 4.68 Å². The van der Waals surface area contributed by atoms with Gasteiger partial charge in [-0.2, -0.15) is 0 Å². The summed E-state index contributed by atoms with van der Waals surface area (Å²) in [6, 6.07) is 0. The first-order chi connectivity index (χ1) is 10.2. The van der Waals surface area contributed by atoms with Crippen molar-refractivity contribution in [2.24, 2.45) is 5.92 Å². The molecule has 21 heavy (non-hydrogen) atoms. The Labute approximate surface area is 124 Å². The summed E-state index contributed by atoms with van der Waals surface area (Å²) >= 11 is 0. The van der Waals surface area contributed by atoms with Crippen LogP contribution in [-0.4, -0.2) is 41.7 Å². The fourth-order valence-corrected chi connectivity index (χ4v) is 1.95. The van der Waals surface area contributed by atoms with Crippen molar-refractivity contribution in [3.63, 3.8) is 0 Å². The molecule has 0 aliphatic heterocycles. The first kappa shape index (κ1) is 15.6. The highest BCUT2D eigenvalue weighted by Gasteiger charge is 2.08. The Morgan fingerprint density at radius 1 is 1.24 bits per heavy atom. The van der Waals surface area contributed by atoms with Gasteiger partial charge in [0.1, 0.15) is 6.54 Å². The number of hydrogen-bond acceptors (Lipinski definition) is 6. The molecule has 0 unspecified atom stereocenters. The molecule has 0 spiro atoms.